The van der Waals surface area contributed by atoms with E-state index in [1.54, 1.807) is 6.07 Å². The molecule has 0 aliphatic carbocycles. The smallest absolute Gasteiger partial charge is 0.433 e. The third-order valence-corrected chi connectivity index (χ3v) is 13.0. The predicted molar refractivity (Wildman–Crippen MR) is 346 cm³/mol. The summed E-state index contributed by atoms with van der Waals surface area (Å²) in [6.45, 7) is 51.4. The highest BCUT2D eigenvalue weighted by atomic mass is 19.4. The summed E-state index contributed by atoms with van der Waals surface area (Å²) in [7, 11) is 1.47. The number of hydrogen-bond acceptors (Lipinski definition) is 2. The maximum Gasteiger partial charge on any atom is 0.433 e. The Morgan fingerprint density at radius 2 is 0.646 bits per heavy atom. The number of aryl methyl sites for hydroxylation is 3. The van der Waals surface area contributed by atoms with Gasteiger partial charge in [-0.3, -0.25) is 4.98 Å². The van der Waals surface area contributed by atoms with Gasteiger partial charge in [-0.2, -0.15) is 13.2 Å². The Kier molecular flexibility index (Phi) is 29.7. The molecule has 0 N–H and O–H groups in total. The maximum atomic E-state index is 13.3. The van der Waals surface area contributed by atoms with Gasteiger partial charge in [0.15, 0.2) is 11.6 Å². The van der Waals surface area contributed by atoms with E-state index in [4.69, 9.17) is 4.74 Å². The zero-order chi connectivity index (χ0) is 62.6. The maximum absolute atomic E-state index is 13.3. The molecule has 2 nitrogen and oxygen atoms in total. The lowest BCUT2D eigenvalue weighted by Crippen LogP contribution is -2.14. The molecule has 452 valence electrons. The number of aromatic nitrogens is 1. The van der Waals surface area contributed by atoms with E-state index in [1.165, 1.54) is 82.1 Å². The summed E-state index contributed by atoms with van der Waals surface area (Å²) >= 11 is 0. The van der Waals surface area contributed by atoms with Crippen molar-refractivity contribution in [2.24, 2.45) is 0 Å². The van der Waals surface area contributed by atoms with Crippen molar-refractivity contribution in [2.75, 3.05) is 7.11 Å². The van der Waals surface area contributed by atoms with E-state index in [9.17, 15) is 22.0 Å². The molecule has 0 saturated carbocycles. The van der Waals surface area contributed by atoms with E-state index in [2.05, 4.69) is 233 Å². The van der Waals surface area contributed by atoms with Gasteiger partial charge >= 0.3 is 6.18 Å². The van der Waals surface area contributed by atoms with E-state index in [1.807, 2.05) is 59.7 Å². The van der Waals surface area contributed by atoms with E-state index < -0.39 is 11.9 Å². The van der Waals surface area contributed by atoms with Crippen LogP contribution in [0.25, 0.3) is 0 Å². The van der Waals surface area contributed by atoms with Crippen LogP contribution in [-0.4, -0.2) is 12.1 Å². The number of nitrogens with zero attached hydrogens (tertiary/aromatic N) is 1. The van der Waals surface area contributed by atoms with Crippen molar-refractivity contribution in [1.82, 2.24) is 4.98 Å². The largest absolute Gasteiger partial charge is 0.494 e. The van der Waals surface area contributed by atoms with Crippen molar-refractivity contribution in [1.29, 1.82) is 0 Å². The molecule has 0 amide bonds. The molecule has 1 aromatic heterocycles. The monoisotopic (exact) mass is 1130 g/mol. The highest BCUT2D eigenvalue weighted by Gasteiger charge is 2.32. The van der Waals surface area contributed by atoms with Gasteiger partial charge in [0.05, 0.1) is 7.11 Å². The van der Waals surface area contributed by atoms with Crippen molar-refractivity contribution in [2.45, 2.75) is 218 Å². The number of pyridine rings is 1. The molecular formula is C75H106F5NO. The van der Waals surface area contributed by atoms with E-state index in [-0.39, 0.29) is 51.6 Å². The van der Waals surface area contributed by atoms with Gasteiger partial charge in [0, 0.05) is 6.20 Å². The van der Waals surface area contributed by atoms with Gasteiger partial charge in [0.25, 0.3) is 0 Å². The van der Waals surface area contributed by atoms with Crippen molar-refractivity contribution < 1.29 is 26.7 Å². The van der Waals surface area contributed by atoms with Crippen molar-refractivity contribution in [3.8, 4) is 5.75 Å². The fraction of sp³-hybridized carbons (Fsp3) is 0.453. The van der Waals surface area contributed by atoms with Gasteiger partial charge in [-0.05, 0) is 128 Å². The molecule has 0 bridgehead atoms. The SMILES string of the molecule is C.CC(C)(C)c1ccc(C(F)(F)F)nc1.CC(C)(C)c1ccc(F)cc1.CC(C)(C)c1ccccc1.COc1ccc(C(C)(C)C)cc1F.Cc1ccc(C(C)(C)C)cc1.Cc1ccc(C(C)(C)C)cc1.Cc1cccc(C(C)(C)C)c1. The molecule has 0 radical (unpaired) electrons. The molecule has 82 heavy (non-hydrogen) atoms. The Hall–Kier alpha value is -6.08. The summed E-state index contributed by atoms with van der Waals surface area (Å²) in [5.74, 6) is -0.166. The first-order valence-electron chi connectivity index (χ1n) is 28.2. The summed E-state index contributed by atoms with van der Waals surface area (Å²) in [5.41, 5.74) is 12.8. The van der Waals surface area contributed by atoms with Crippen LogP contribution < -0.4 is 4.74 Å². The molecule has 0 unspecified atom stereocenters. The minimum Gasteiger partial charge on any atom is -0.494 e. The Bertz CT molecular complexity index is 2690. The molecule has 0 aliphatic heterocycles. The van der Waals surface area contributed by atoms with Crippen LogP contribution in [0.5, 0.6) is 5.75 Å². The van der Waals surface area contributed by atoms with Gasteiger partial charge in [-0.25, -0.2) is 8.78 Å². The summed E-state index contributed by atoms with van der Waals surface area (Å²) in [4.78, 5) is 3.39. The van der Waals surface area contributed by atoms with Crippen molar-refractivity contribution in [3.63, 3.8) is 0 Å². The molecule has 0 spiro atoms. The third-order valence-electron chi connectivity index (χ3n) is 13.0. The molecule has 0 fully saturated rings. The van der Waals surface area contributed by atoms with E-state index in [0.717, 1.165) is 17.2 Å². The molecular weight excluding hydrogens is 1030 g/mol. The van der Waals surface area contributed by atoms with E-state index in [0.29, 0.717) is 11.2 Å². The van der Waals surface area contributed by atoms with Crippen LogP contribution in [0, 0.1) is 32.4 Å². The lowest BCUT2D eigenvalue weighted by molar-refractivity contribution is -0.141. The Balaban J connectivity index is 0.000000934. The number of halogens is 5. The molecule has 1 heterocycles. The second-order valence-corrected chi connectivity index (χ2v) is 28.0. The normalized spacial score (nSPS) is 11.7. The summed E-state index contributed by atoms with van der Waals surface area (Å²) in [6, 6.07) is 50.9. The van der Waals surface area contributed by atoms with Crippen LogP contribution in [-0.2, 0) is 44.1 Å². The number of methoxy groups -OCH3 is 1. The number of alkyl halides is 3. The Morgan fingerprint density at radius 1 is 0.329 bits per heavy atom. The Labute approximate surface area is 496 Å². The molecule has 7 aromatic rings. The minimum atomic E-state index is -4.35. The van der Waals surface area contributed by atoms with Gasteiger partial charge in [0.1, 0.15) is 11.5 Å². The minimum absolute atomic E-state index is 0. The third kappa shape index (κ3) is 29.8. The van der Waals surface area contributed by atoms with Gasteiger partial charge in [-0.15, -0.1) is 0 Å². The standard InChI is InChI=1S/C11H15FO.3C11H16.C10H12F3N.C10H13F.C10H14.CH4/c1-11(2,3)8-5-6-10(13-4)9(12)7-8;2*1-9-5-7-10(8-6-9)11(2,3)4;1-9-6-5-7-10(8-9)11(2,3)4;1-9(2,3)7-4-5-8(14-6-7)10(11,12)13;1-10(2,3)8-4-6-9(11)7-5-8;1-10(2,3)9-7-5-4-6-8-9;/h5-7H,1-4H3;3*5-8H,1-4H3;4-6H,1-3H3;4-7H,1-3H3;4-8H,1-3H3;1H4. The number of benzene rings is 6. The second-order valence-electron chi connectivity index (χ2n) is 28.0. The molecule has 0 saturated heterocycles. The van der Waals surface area contributed by atoms with Gasteiger partial charge in [0.2, 0.25) is 0 Å². The van der Waals surface area contributed by atoms with Crippen LogP contribution >= 0.6 is 0 Å². The molecule has 0 aliphatic rings. The first kappa shape index (κ1) is 75.9. The average molecular weight is 1130 g/mol. The summed E-state index contributed by atoms with van der Waals surface area (Å²) in [5, 5.41) is 0. The lowest BCUT2D eigenvalue weighted by Gasteiger charge is -2.19. The van der Waals surface area contributed by atoms with E-state index >= 15 is 0 Å². The van der Waals surface area contributed by atoms with Crippen molar-refractivity contribution in [3.05, 3.63) is 237 Å². The van der Waals surface area contributed by atoms with Gasteiger partial charge in [-0.1, -0.05) is 297 Å². The van der Waals surface area contributed by atoms with Crippen LogP contribution in [0.1, 0.15) is 214 Å². The number of hydrogen-bond donors (Lipinski definition) is 0. The zero-order valence-corrected chi connectivity index (χ0v) is 54.3. The zero-order valence-electron chi connectivity index (χ0n) is 54.3. The van der Waals surface area contributed by atoms with Crippen LogP contribution in [0.3, 0.4) is 0 Å². The Morgan fingerprint density at radius 3 is 0.927 bits per heavy atom. The summed E-state index contributed by atoms with van der Waals surface area (Å²) < 4.78 is 67.0. The van der Waals surface area contributed by atoms with Crippen LogP contribution in [0.15, 0.2) is 164 Å². The highest BCUT2D eigenvalue weighted by molar-refractivity contribution is 5.33. The first-order valence-corrected chi connectivity index (χ1v) is 28.2. The number of rotatable bonds is 1. The fourth-order valence-corrected chi connectivity index (χ4v) is 7.24. The second kappa shape index (κ2) is 32.1. The van der Waals surface area contributed by atoms with Gasteiger partial charge < -0.3 is 4.74 Å². The first-order chi connectivity index (χ1) is 36.8. The summed E-state index contributed by atoms with van der Waals surface area (Å²) in [6.07, 6.45) is -3.07. The molecule has 7 rings (SSSR count). The molecule has 6 aromatic carbocycles. The van der Waals surface area contributed by atoms with Crippen LogP contribution in [0.2, 0.25) is 0 Å². The van der Waals surface area contributed by atoms with Crippen LogP contribution in [0.4, 0.5) is 22.0 Å². The average Bonchev–Trinajstić information content (AvgIpc) is 3.35. The molecule has 0 atom stereocenters. The topological polar surface area (TPSA) is 22.1 Å². The molecule has 7 heteroatoms. The quantitative estimate of drug-likeness (QED) is 0.153. The fourth-order valence-electron chi connectivity index (χ4n) is 7.24. The predicted octanol–water partition coefficient (Wildman–Crippen LogP) is 23.2. The number of ether oxygens (including phenoxy) is 1. The van der Waals surface area contributed by atoms with Crippen molar-refractivity contribution >= 4 is 0 Å². The highest BCUT2D eigenvalue weighted by Crippen LogP contribution is 2.31. The lowest BCUT2D eigenvalue weighted by atomic mass is 9.86.